The Morgan fingerprint density at radius 3 is 2.29 bits per heavy atom. The molecule has 0 aliphatic rings. The Labute approximate surface area is 166 Å². The van der Waals surface area contributed by atoms with Crippen LogP contribution >= 0.6 is 0 Å². The average Bonchev–Trinajstić information content (AvgIpc) is 2.59. The molecule has 0 aliphatic carbocycles. The van der Waals surface area contributed by atoms with Crippen molar-refractivity contribution in [3.05, 3.63) is 46.6 Å². The number of hydrogen-bond donors (Lipinski definition) is 5. The molecule has 0 saturated carbocycles. The molecular weight excluding hydrogens is 360 g/mol. The van der Waals surface area contributed by atoms with Crippen molar-refractivity contribution >= 4 is 5.97 Å². The van der Waals surface area contributed by atoms with Crippen LogP contribution in [0.5, 0.6) is 11.5 Å². The molecule has 0 heterocycles. The van der Waals surface area contributed by atoms with E-state index in [0.717, 1.165) is 30.1 Å². The van der Waals surface area contributed by atoms with E-state index in [1.165, 1.54) is 6.07 Å². The summed E-state index contributed by atoms with van der Waals surface area (Å²) in [5, 5.41) is 48.2. The van der Waals surface area contributed by atoms with E-state index in [9.17, 15) is 25.2 Å². The van der Waals surface area contributed by atoms with Gasteiger partial charge in [-0.05, 0) is 71.9 Å². The molecular formula is C22H32O6. The molecule has 1 aromatic rings. The van der Waals surface area contributed by atoms with Gasteiger partial charge in [0, 0.05) is 5.56 Å². The summed E-state index contributed by atoms with van der Waals surface area (Å²) >= 11 is 0. The molecule has 0 aromatic heterocycles. The van der Waals surface area contributed by atoms with E-state index < -0.39 is 23.4 Å². The smallest absolute Gasteiger partial charge is 0.335 e. The molecule has 0 spiro atoms. The molecule has 6 heteroatoms. The van der Waals surface area contributed by atoms with E-state index in [2.05, 4.69) is 6.08 Å². The van der Waals surface area contributed by atoms with Gasteiger partial charge >= 0.3 is 5.97 Å². The first-order chi connectivity index (χ1) is 12.9. The van der Waals surface area contributed by atoms with Crippen LogP contribution in [0.25, 0.3) is 0 Å². The van der Waals surface area contributed by atoms with Crippen molar-refractivity contribution < 1.29 is 30.3 Å². The van der Waals surface area contributed by atoms with Gasteiger partial charge in [0.1, 0.15) is 0 Å². The van der Waals surface area contributed by atoms with Crippen LogP contribution in [0.1, 0.15) is 69.3 Å². The molecule has 28 heavy (non-hydrogen) atoms. The SMILES string of the molecule is CC(=CCc1cc(C(=O)O)cc(O)c1O)CC/C=C(\C)CC[C@@H](O)C(C)(C)O. The third-order valence-electron chi connectivity index (χ3n) is 4.75. The van der Waals surface area contributed by atoms with E-state index in [1.807, 2.05) is 19.9 Å². The van der Waals surface area contributed by atoms with Crippen LogP contribution < -0.4 is 0 Å². The highest BCUT2D eigenvalue weighted by molar-refractivity contribution is 5.89. The minimum atomic E-state index is -1.16. The summed E-state index contributed by atoms with van der Waals surface area (Å²) < 4.78 is 0. The summed E-state index contributed by atoms with van der Waals surface area (Å²) in [6.07, 6.45) is 6.40. The monoisotopic (exact) mass is 392 g/mol. The maximum Gasteiger partial charge on any atom is 0.335 e. The number of aromatic carboxylic acids is 1. The second kappa shape index (κ2) is 10.3. The van der Waals surface area contributed by atoms with Gasteiger partial charge in [-0.3, -0.25) is 0 Å². The molecule has 0 aliphatic heterocycles. The first-order valence-corrected chi connectivity index (χ1v) is 9.41. The van der Waals surface area contributed by atoms with Crippen LogP contribution in [-0.4, -0.2) is 43.2 Å². The van der Waals surface area contributed by atoms with Crippen molar-refractivity contribution in [2.45, 2.75) is 71.5 Å². The maximum absolute atomic E-state index is 11.1. The van der Waals surface area contributed by atoms with Crippen molar-refractivity contribution in [3.8, 4) is 11.5 Å². The van der Waals surface area contributed by atoms with Crippen LogP contribution in [0, 0.1) is 0 Å². The van der Waals surface area contributed by atoms with Crippen LogP contribution in [0.4, 0.5) is 0 Å². The number of carbonyl (C=O) groups is 1. The number of allylic oxidation sites excluding steroid dienone is 4. The number of aliphatic hydroxyl groups is 2. The van der Waals surface area contributed by atoms with Crippen molar-refractivity contribution in [2.24, 2.45) is 0 Å². The van der Waals surface area contributed by atoms with Crippen molar-refractivity contribution in [1.29, 1.82) is 0 Å². The van der Waals surface area contributed by atoms with Gasteiger partial charge in [-0.2, -0.15) is 0 Å². The molecule has 0 saturated heterocycles. The summed E-state index contributed by atoms with van der Waals surface area (Å²) in [5.41, 5.74) is 1.43. The van der Waals surface area contributed by atoms with Gasteiger partial charge in [0.2, 0.25) is 0 Å². The second-order valence-electron chi connectivity index (χ2n) is 7.86. The van der Waals surface area contributed by atoms with Gasteiger partial charge in [0.25, 0.3) is 0 Å². The number of hydrogen-bond acceptors (Lipinski definition) is 5. The van der Waals surface area contributed by atoms with Crippen LogP contribution in [0.15, 0.2) is 35.4 Å². The van der Waals surface area contributed by atoms with E-state index in [-0.39, 0.29) is 11.3 Å². The fraction of sp³-hybridized carbons (Fsp3) is 0.500. The fourth-order valence-electron chi connectivity index (χ4n) is 2.71. The van der Waals surface area contributed by atoms with Gasteiger partial charge in [-0.15, -0.1) is 0 Å². The third-order valence-corrected chi connectivity index (χ3v) is 4.75. The second-order valence-corrected chi connectivity index (χ2v) is 7.86. The highest BCUT2D eigenvalue weighted by atomic mass is 16.4. The minimum absolute atomic E-state index is 0.0665. The summed E-state index contributed by atoms with van der Waals surface area (Å²) in [6.45, 7) is 7.14. The van der Waals surface area contributed by atoms with E-state index in [4.69, 9.17) is 5.11 Å². The lowest BCUT2D eigenvalue weighted by atomic mass is 9.95. The number of benzene rings is 1. The largest absolute Gasteiger partial charge is 0.504 e. The number of phenols is 2. The first-order valence-electron chi connectivity index (χ1n) is 9.41. The van der Waals surface area contributed by atoms with Crippen molar-refractivity contribution in [1.82, 2.24) is 0 Å². The van der Waals surface area contributed by atoms with Crippen molar-refractivity contribution in [3.63, 3.8) is 0 Å². The lowest BCUT2D eigenvalue weighted by Gasteiger charge is -2.24. The van der Waals surface area contributed by atoms with Gasteiger partial charge in [-0.1, -0.05) is 23.3 Å². The van der Waals surface area contributed by atoms with Gasteiger partial charge in [-0.25, -0.2) is 4.79 Å². The predicted octanol–water partition coefficient (Wildman–Crippen LogP) is 3.92. The molecule has 5 N–H and O–H groups in total. The van der Waals surface area contributed by atoms with Gasteiger partial charge in [0.05, 0.1) is 17.3 Å². The third kappa shape index (κ3) is 7.74. The Morgan fingerprint density at radius 1 is 1.11 bits per heavy atom. The average molecular weight is 392 g/mol. The number of aromatic hydroxyl groups is 2. The van der Waals surface area contributed by atoms with Crippen LogP contribution in [-0.2, 0) is 6.42 Å². The quantitative estimate of drug-likeness (QED) is 0.304. The number of carboxylic acids is 1. The fourth-order valence-corrected chi connectivity index (χ4v) is 2.71. The Hall–Kier alpha value is -2.31. The lowest BCUT2D eigenvalue weighted by molar-refractivity contribution is -0.0509. The van der Waals surface area contributed by atoms with Crippen molar-refractivity contribution in [2.75, 3.05) is 0 Å². The molecule has 6 nitrogen and oxygen atoms in total. The van der Waals surface area contributed by atoms with Gasteiger partial charge < -0.3 is 25.5 Å². The van der Waals surface area contributed by atoms with E-state index in [1.54, 1.807) is 13.8 Å². The standard InChI is InChI=1S/C22H32O6/c1-14(6-5-7-15(2)9-11-19(24)22(3,4)28)8-10-16-12-17(21(26)27)13-18(23)20(16)25/h7-8,12-13,19,23-25,28H,5-6,9-11H2,1-4H3,(H,26,27)/b14-8?,15-7+/t19-/m1/s1. The molecule has 0 fully saturated rings. The Bertz CT molecular complexity index is 740. The normalized spacial score (nSPS) is 14.2. The lowest BCUT2D eigenvalue weighted by Crippen LogP contribution is -2.35. The summed E-state index contributed by atoms with van der Waals surface area (Å²) in [5.74, 6) is -1.89. The molecule has 0 amide bonds. The molecule has 156 valence electrons. The highest BCUT2D eigenvalue weighted by Gasteiger charge is 2.23. The summed E-state index contributed by atoms with van der Waals surface area (Å²) in [4.78, 5) is 11.1. The molecule has 0 bridgehead atoms. The first kappa shape index (κ1) is 23.7. The minimum Gasteiger partial charge on any atom is -0.504 e. The van der Waals surface area contributed by atoms with E-state index in [0.29, 0.717) is 24.8 Å². The van der Waals surface area contributed by atoms with Crippen LogP contribution in [0.3, 0.4) is 0 Å². The summed E-state index contributed by atoms with van der Waals surface area (Å²) in [6, 6.07) is 2.39. The number of carboxylic acid groups (broad SMARTS) is 1. The molecule has 0 unspecified atom stereocenters. The number of phenolic OH excluding ortho intramolecular Hbond substituents is 2. The number of aliphatic hydroxyl groups excluding tert-OH is 1. The highest BCUT2D eigenvalue weighted by Crippen LogP contribution is 2.31. The summed E-state index contributed by atoms with van der Waals surface area (Å²) in [7, 11) is 0. The molecule has 1 atom stereocenters. The zero-order chi connectivity index (χ0) is 21.5. The zero-order valence-electron chi connectivity index (χ0n) is 17.1. The Kier molecular flexibility index (Phi) is 8.72. The van der Waals surface area contributed by atoms with Gasteiger partial charge in [0.15, 0.2) is 11.5 Å². The molecule has 1 rings (SSSR count). The predicted molar refractivity (Wildman–Crippen MR) is 109 cm³/mol. The number of rotatable bonds is 10. The van der Waals surface area contributed by atoms with E-state index >= 15 is 0 Å². The Balaban J connectivity index is 2.59. The Morgan fingerprint density at radius 2 is 1.71 bits per heavy atom. The van der Waals surface area contributed by atoms with Crippen LogP contribution in [0.2, 0.25) is 0 Å². The zero-order valence-corrected chi connectivity index (χ0v) is 17.1. The molecule has 1 aromatic carbocycles. The maximum atomic E-state index is 11.1. The molecule has 0 radical (unpaired) electrons. The topological polar surface area (TPSA) is 118 Å².